The second-order valence-corrected chi connectivity index (χ2v) is 9.47. The summed E-state index contributed by atoms with van der Waals surface area (Å²) in [5.74, 6) is -0.879. The van der Waals surface area contributed by atoms with Crippen molar-refractivity contribution >= 4 is 43.1 Å². The normalized spacial score (nSPS) is 12.5. The first-order valence-corrected chi connectivity index (χ1v) is 12.5. The fourth-order valence-electron chi connectivity index (χ4n) is 6.00. The first-order chi connectivity index (χ1) is 19.6. The average molecular weight is 519 g/mol. The molecule has 7 aromatic rings. The summed E-state index contributed by atoms with van der Waals surface area (Å²) >= 11 is 0. The molecule has 0 spiro atoms. The third kappa shape index (κ3) is 3.27. The van der Waals surface area contributed by atoms with Crippen molar-refractivity contribution in [2.45, 2.75) is 0 Å². The number of nitrogens with zero attached hydrogens (tertiary/aromatic N) is 4. The molecule has 7 aromatic carbocycles. The Bertz CT molecular complexity index is 2180. The molecule has 0 aromatic heterocycles. The van der Waals surface area contributed by atoms with Crippen LogP contribution in [0, 0.1) is 29.7 Å². The Morgan fingerprint density at radius 1 is 0.600 bits per heavy atom. The Hall–Kier alpha value is -5.72. The number of rotatable bonds is 2. The Balaban J connectivity index is 1.97. The first-order valence-electron chi connectivity index (χ1n) is 12.5. The zero-order valence-corrected chi connectivity index (χ0v) is 20.8. The summed E-state index contributed by atoms with van der Waals surface area (Å²) < 4.78 is 29.3. The summed E-state index contributed by atoms with van der Waals surface area (Å²) in [6.07, 6.45) is 1.92. The van der Waals surface area contributed by atoms with Crippen molar-refractivity contribution in [3.05, 3.63) is 131 Å². The standard InChI is InChI=1S/C34H16F2N4/c1-38-40-34-26-17-22(36)13-15-24(26)30-27(19-8-4-2-5-9-19)31-29(28(32(30)34)20-10-6-3-7-11-20)23-14-12-21(35)16-25(23)33(31)39-18-37/h2-17H/b39-33?,40-34+. The lowest BCUT2D eigenvalue weighted by Gasteiger charge is -2.14. The number of nitriles is 1. The van der Waals surface area contributed by atoms with E-state index in [9.17, 15) is 14.0 Å². The van der Waals surface area contributed by atoms with Gasteiger partial charge < -0.3 is 0 Å². The van der Waals surface area contributed by atoms with Crippen LogP contribution in [-0.4, -0.2) is 0 Å². The maximum atomic E-state index is 14.7. The van der Waals surface area contributed by atoms with Crippen LogP contribution in [0.3, 0.4) is 0 Å². The largest absolute Gasteiger partial charge is 0.207 e. The highest BCUT2D eigenvalue weighted by Crippen LogP contribution is 2.47. The Labute approximate surface area is 226 Å². The van der Waals surface area contributed by atoms with Gasteiger partial charge in [0.1, 0.15) is 11.6 Å². The Morgan fingerprint density at radius 3 is 1.55 bits per heavy atom. The maximum absolute atomic E-state index is 14.7. The summed E-state index contributed by atoms with van der Waals surface area (Å²) in [4.78, 5) is 7.61. The molecule has 0 aliphatic carbocycles. The lowest BCUT2D eigenvalue weighted by Crippen LogP contribution is -2.03. The molecule has 0 aliphatic rings. The molecule has 0 bridgehead atoms. The van der Waals surface area contributed by atoms with Gasteiger partial charge in [-0.25, -0.2) is 8.78 Å². The second kappa shape index (κ2) is 8.94. The third-order valence-corrected chi connectivity index (χ3v) is 7.42. The minimum absolute atomic E-state index is 0.366. The molecule has 0 N–H and O–H groups in total. The van der Waals surface area contributed by atoms with Crippen LogP contribution in [0.4, 0.5) is 8.78 Å². The molecule has 0 saturated carbocycles. The Kier molecular flexibility index (Phi) is 5.23. The van der Waals surface area contributed by atoms with E-state index in [0.29, 0.717) is 37.6 Å². The summed E-state index contributed by atoms with van der Waals surface area (Å²) in [5.41, 5.74) is 3.21. The molecule has 0 radical (unpaired) electrons. The number of hydrogen-bond donors (Lipinski definition) is 0. The van der Waals surface area contributed by atoms with Crippen molar-refractivity contribution in [2.75, 3.05) is 0 Å². The van der Waals surface area contributed by atoms with Crippen molar-refractivity contribution in [3.63, 3.8) is 0 Å². The van der Waals surface area contributed by atoms with Gasteiger partial charge in [-0.2, -0.15) is 16.8 Å². The van der Waals surface area contributed by atoms with Gasteiger partial charge in [0.05, 0.1) is 10.5 Å². The molecule has 186 valence electrons. The minimum atomic E-state index is -0.441. The SMILES string of the molecule is [C-]#[N+]/N=c1\c2cc(F)ccc2c2c(-c3ccccc3)c3c(=NC#N)c4cc(F)ccc4c3c(-c3ccccc3)c12. The molecular weight excluding hydrogens is 502 g/mol. The van der Waals surface area contributed by atoms with Crippen LogP contribution in [0.5, 0.6) is 0 Å². The Morgan fingerprint density at radius 2 is 1.07 bits per heavy atom. The summed E-state index contributed by atoms with van der Waals surface area (Å²) in [6.45, 7) is 7.62. The fourth-order valence-corrected chi connectivity index (χ4v) is 6.00. The highest BCUT2D eigenvalue weighted by atomic mass is 19.1. The van der Waals surface area contributed by atoms with Crippen molar-refractivity contribution in [3.8, 4) is 28.4 Å². The van der Waals surface area contributed by atoms with Crippen LogP contribution >= 0.6 is 0 Å². The quantitative estimate of drug-likeness (QED) is 0.130. The molecule has 0 aliphatic heterocycles. The molecule has 7 rings (SSSR count). The molecule has 0 heterocycles. The third-order valence-electron chi connectivity index (χ3n) is 7.42. The molecule has 0 atom stereocenters. The first kappa shape index (κ1) is 23.4. The number of hydrogen-bond acceptors (Lipinski definition) is 3. The topological polar surface area (TPSA) is 52.9 Å². The van der Waals surface area contributed by atoms with E-state index in [4.69, 9.17) is 6.57 Å². The monoisotopic (exact) mass is 518 g/mol. The summed E-state index contributed by atoms with van der Waals surface area (Å²) in [5, 5.41) is 20.1. The van der Waals surface area contributed by atoms with E-state index in [1.807, 2.05) is 66.9 Å². The molecule has 0 unspecified atom stereocenters. The van der Waals surface area contributed by atoms with Gasteiger partial charge in [-0.15, -0.1) is 4.95 Å². The highest BCUT2D eigenvalue weighted by Gasteiger charge is 2.27. The number of fused-ring (bicyclic) bond motifs is 6. The van der Waals surface area contributed by atoms with Crippen molar-refractivity contribution in [2.24, 2.45) is 10.1 Å². The molecule has 40 heavy (non-hydrogen) atoms. The van der Waals surface area contributed by atoms with Crippen molar-refractivity contribution in [1.29, 1.82) is 5.26 Å². The van der Waals surface area contributed by atoms with E-state index in [2.05, 4.69) is 15.0 Å². The van der Waals surface area contributed by atoms with E-state index in [0.717, 1.165) is 38.4 Å². The second-order valence-electron chi connectivity index (χ2n) is 9.47. The summed E-state index contributed by atoms with van der Waals surface area (Å²) in [6, 6.07) is 28.3. The zero-order chi connectivity index (χ0) is 27.4. The van der Waals surface area contributed by atoms with Crippen LogP contribution in [0.15, 0.2) is 107 Å². The lowest BCUT2D eigenvalue weighted by molar-refractivity contribution is 0.629. The van der Waals surface area contributed by atoms with Gasteiger partial charge in [0, 0.05) is 43.4 Å². The zero-order valence-electron chi connectivity index (χ0n) is 20.8. The van der Waals surface area contributed by atoms with Crippen LogP contribution in [0.25, 0.3) is 70.3 Å². The maximum Gasteiger partial charge on any atom is 0.206 e. The molecule has 0 amide bonds. The number of halogens is 2. The van der Waals surface area contributed by atoms with E-state index in [1.54, 1.807) is 12.1 Å². The van der Waals surface area contributed by atoms with Gasteiger partial charge in [-0.1, -0.05) is 72.8 Å². The van der Waals surface area contributed by atoms with E-state index >= 15 is 0 Å². The van der Waals surface area contributed by atoms with Gasteiger partial charge in [0.2, 0.25) is 6.19 Å². The average Bonchev–Trinajstić information content (AvgIpc) is 3.45. The summed E-state index contributed by atoms with van der Waals surface area (Å²) in [7, 11) is 0. The van der Waals surface area contributed by atoms with E-state index in [-0.39, 0.29) is 0 Å². The van der Waals surface area contributed by atoms with Crippen molar-refractivity contribution < 1.29 is 8.78 Å². The van der Waals surface area contributed by atoms with Gasteiger partial charge in [-0.05, 0) is 46.2 Å². The van der Waals surface area contributed by atoms with Gasteiger partial charge in [-0.3, -0.25) is 0 Å². The predicted octanol–water partition coefficient (Wildman–Crippen LogP) is 7.90. The molecule has 4 nitrogen and oxygen atoms in total. The molecule has 6 heteroatoms. The van der Waals surface area contributed by atoms with Gasteiger partial charge in [0.15, 0.2) is 5.36 Å². The van der Waals surface area contributed by atoms with E-state index < -0.39 is 11.6 Å². The lowest BCUT2D eigenvalue weighted by atomic mass is 9.88. The fraction of sp³-hybridized carbons (Fsp3) is 0. The predicted molar refractivity (Wildman–Crippen MR) is 153 cm³/mol. The minimum Gasteiger partial charge on any atom is -0.207 e. The van der Waals surface area contributed by atoms with Crippen LogP contribution in [-0.2, 0) is 0 Å². The van der Waals surface area contributed by atoms with E-state index in [1.165, 1.54) is 24.3 Å². The smallest absolute Gasteiger partial charge is 0.206 e. The van der Waals surface area contributed by atoms with Crippen LogP contribution < -0.4 is 10.7 Å². The van der Waals surface area contributed by atoms with Crippen LogP contribution in [0.2, 0.25) is 0 Å². The molecular formula is C34H16F2N4. The van der Waals surface area contributed by atoms with Gasteiger partial charge >= 0.3 is 0 Å². The van der Waals surface area contributed by atoms with Gasteiger partial charge in [0.25, 0.3) is 0 Å². The highest BCUT2D eigenvalue weighted by molar-refractivity contribution is 6.34. The van der Waals surface area contributed by atoms with Crippen molar-refractivity contribution in [1.82, 2.24) is 0 Å². The molecule has 0 saturated heterocycles. The number of benzene rings is 5. The van der Waals surface area contributed by atoms with Crippen LogP contribution in [0.1, 0.15) is 0 Å². The molecule has 0 fully saturated rings.